The van der Waals surface area contributed by atoms with Crippen LogP contribution in [0.5, 0.6) is 11.5 Å². The maximum absolute atomic E-state index is 12.7. The summed E-state index contributed by atoms with van der Waals surface area (Å²) in [6.07, 6.45) is 1.25. The van der Waals surface area contributed by atoms with E-state index in [1.165, 1.54) is 11.0 Å². The van der Waals surface area contributed by atoms with Crippen LogP contribution in [-0.2, 0) is 13.1 Å². The Labute approximate surface area is 161 Å². The number of hydrogen-bond acceptors (Lipinski definition) is 6. The number of Topliss-reactive ketones (excluding diaryl/α,β-unsaturated/α-hetero) is 1. The maximum Gasteiger partial charge on any atom is 0.252 e. The van der Waals surface area contributed by atoms with Crippen LogP contribution in [-0.4, -0.2) is 37.8 Å². The second kappa shape index (κ2) is 7.19. The second-order valence-corrected chi connectivity index (χ2v) is 6.69. The van der Waals surface area contributed by atoms with Gasteiger partial charge in [0.25, 0.3) is 5.82 Å². The topological polar surface area (TPSA) is 95.0 Å². The molecule has 0 radical (unpaired) electrons. The molecule has 8 heteroatoms. The van der Waals surface area contributed by atoms with Crippen molar-refractivity contribution in [1.29, 1.82) is 5.26 Å². The lowest BCUT2D eigenvalue weighted by Gasteiger charge is -2.27. The number of aryl methyl sites for hydroxylation is 1. The lowest BCUT2D eigenvalue weighted by Crippen LogP contribution is -2.33. The molecular formula is C20H19N5O3. The minimum Gasteiger partial charge on any atom is -0.486 e. The summed E-state index contributed by atoms with van der Waals surface area (Å²) in [4.78, 5) is 16.5. The van der Waals surface area contributed by atoms with Crippen LogP contribution >= 0.6 is 0 Å². The first-order chi connectivity index (χ1) is 13.5. The van der Waals surface area contributed by atoms with Crippen LogP contribution < -0.4 is 9.47 Å². The number of ketones is 1. The molecule has 28 heavy (non-hydrogen) atoms. The Morgan fingerprint density at radius 3 is 2.86 bits per heavy atom. The molecule has 4 rings (SSSR count). The van der Waals surface area contributed by atoms with Gasteiger partial charge in [0, 0.05) is 17.0 Å². The minimum absolute atomic E-state index is 0.0371. The number of benzene rings is 1. The number of nitriles is 1. The molecule has 142 valence electrons. The number of nitrogens with zero attached hydrogens (tertiary/aromatic N) is 5. The molecule has 1 aromatic carbocycles. The van der Waals surface area contributed by atoms with Gasteiger partial charge in [-0.15, -0.1) is 5.10 Å². The van der Waals surface area contributed by atoms with E-state index < -0.39 is 0 Å². The van der Waals surface area contributed by atoms with E-state index in [9.17, 15) is 4.79 Å². The number of rotatable bonds is 5. The van der Waals surface area contributed by atoms with Gasteiger partial charge in [-0.1, -0.05) is 12.1 Å². The lowest BCUT2D eigenvalue weighted by atomic mass is 10.1. The molecule has 3 heterocycles. The molecule has 0 unspecified atom stereocenters. The fraction of sp³-hybridized carbons (Fsp3) is 0.300. The highest BCUT2D eigenvalue weighted by Crippen LogP contribution is 2.31. The first-order valence-electron chi connectivity index (χ1n) is 8.93. The van der Waals surface area contributed by atoms with Crippen molar-refractivity contribution >= 4 is 5.78 Å². The Hall–Kier alpha value is -3.60. The summed E-state index contributed by atoms with van der Waals surface area (Å²) in [5.41, 5.74) is 2.47. The van der Waals surface area contributed by atoms with Crippen LogP contribution in [0.4, 0.5) is 0 Å². The zero-order valence-corrected chi connectivity index (χ0v) is 15.6. The van der Waals surface area contributed by atoms with Gasteiger partial charge in [-0.3, -0.25) is 4.79 Å². The average molecular weight is 377 g/mol. The molecule has 0 bridgehead atoms. The lowest BCUT2D eigenvalue weighted by molar-refractivity contribution is 0.0777. The van der Waals surface area contributed by atoms with E-state index in [0.29, 0.717) is 18.7 Å². The Kier molecular flexibility index (Phi) is 4.57. The molecule has 0 amide bonds. The molecule has 1 aliphatic heterocycles. The Balaban J connectivity index is 1.50. The van der Waals surface area contributed by atoms with Crippen molar-refractivity contribution in [3.05, 3.63) is 59.4 Å². The van der Waals surface area contributed by atoms with Gasteiger partial charge in [-0.2, -0.15) is 5.26 Å². The fourth-order valence-electron chi connectivity index (χ4n) is 3.38. The molecule has 0 spiro atoms. The molecule has 3 aromatic rings. The summed E-state index contributed by atoms with van der Waals surface area (Å²) < 4.78 is 15.3. The molecule has 8 nitrogen and oxygen atoms in total. The van der Waals surface area contributed by atoms with E-state index in [-0.39, 0.29) is 24.3 Å². The van der Waals surface area contributed by atoms with Crippen LogP contribution in [0.3, 0.4) is 0 Å². The molecule has 1 aliphatic rings. The second-order valence-electron chi connectivity index (χ2n) is 6.69. The predicted octanol–water partition coefficient (Wildman–Crippen LogP) is 2.29. The van der Waals surface area contributed by atoms with E-state index in [4.69, 9.17) is 14.7 Å². The highest BCUT2D eigenvalue weighted by Gasteiger charge is 2.24. The van der Waals surface area contributed by atoms with Gasteiger partial charge in [0.1, 0.15) is 25.5 Å². The zero-order chi connectivity index (χ0) is 19.7. The van der Waals surface area contributed by atoms with E-state index >= 15 is 0 Å². The molecule has 0 N–H and O–H groups in total. The van der Waals surface area contributed by atoms with Crippen molar-refractivity contribution in [1.82, 2.24) is 19.3 Å². The monoisotopic (exact) mass is 377 g/mol. The molecule has 0 saturated carbocycles. The largest absolute Gasteiger partial charge is 0.486 e. The standard InChI is InChI=1S/C20H19N5O3/c1-13-7-16(17(26)10-24-12-22-20(8-21)23-24)14(2)25(13)9-15-11-27-18-5-3-4-6-19(18)28-15/h3-7,12,15H,9-11H2,1-2H3/t15-/m1/s1. The normalized spacial score (nSPS) is 15.2. The number of aromatic nitrogens is 4. The Morgan fingerprint density at radius 1 is 1.32 bits per heavy atom. The van der Waals surface area contributed by atoms with E-state index in [1.807, 2.05) is 50.2 Å². The van der Waals surface area contributed by atoms with E-state index in [0.717, 1.165) is 22.9 Å². The van der Waals surface area contributed by atoms with Gasteiger partial charge in [-0.25, -0.2) is 9.67 Å². The van der Waals surface area contributed by atoms with Gasteiger partial charge in [0.05, 0.1) is 6.54 Å². The van der Waals surface area contributed by atoms with Crippen molar-refractivity contribution in [2.24, 2.45) is 0 Å². The van der Waals surface area contributed by atoms with Gasteiger partial charge in [0.15, 0.2) is 23.4 Å². The predicted molar refractivity (Wildman–Crippen MR) is 99.3 cm³/mol. The Morgan fingerprint density at radius 2 is 2.11 bits per heavy atom. The highest BCUT2D eigenvalue weighted by molar-refractivity contribution is 5.97. The SMILES string of the molecule is Cc1cc(C(=O)Cn2cnc(C#N)n2)c(C)n1C[C@@H]1COc2ccccc2O1. The third-order valence-electron chi connectivity index (χ3n) is 4.77. The summed E-state index contributed by atoms with van der Waals surface area (Å²) in [6.45, 7) is 4.95. The summed E-state index contributed by atoms with van der Waals surface area (Å²) in [5.74, 6) is 1.45. The number of hydrogen-bond donors (Lipinski definition) is 0. The van der Waals surface area contributed by atoms with Crippen molar-refractivity contribution < 1.29 is 14.3 Å². The summed E-state index contributed by atoms with van der Waals surface area (Å²) >= 11 is 0. The number of ether oxygens (including phenoxy) is 2. The zero-order valence-electron chi connectivity index (χ0n) is 15.6. The average Bonchev–Trinajstić information content (AvgIpc) is 3.27. The molecule has 0 saturated heterocycles. The quantitative estimate of drug-likeness (QED) is 0.633. The molecule has 1 atom stereocenters. The number of para-hydroxylation sites is 2. The van der Waals surface area contributed by atoms with Crippen LogP contribution in [0.2, 0.25) is 0 Å². The van der Waals surface area contributed by atoms with Crippen LogP contribution in [0, 0.1) is 25.2 Å². The van der Waals surface area contributed by atoms with Gasteiger partial charge in [0.2, 0.25) is 0 Å². The smallest absolute Gasteiger partial charge is 0.252 e. The highest BCUT2D eigenvalue weighted by atomic mass is 16.6. The summed E-state index contributed by atoms with van der Waals surface area (Å²) in [5, 5.41) is 12.8. The molecule has 0 fully saturated rings. The Bertz CT molecular complexity index is 1080. The van der Waals surface area contributed by atoms with Crippen molar-refractivity contribution in [2.45, 2.75) is 33.0 Å². The van der Waals surface area contributed by atoms with Gasteiger partial charge in [-0.05, 0) is 32.0 Å². The van der Waals surface area contributed by atoms with Crippen molar-refractivity contribution in [3.63, 3.8) is 0 Å². The van der Waals surface area contributed by atoms with Crippen LogP contribution in [0.25, 0.3) is 0 Å². The molecule has 0 aliphatic carbocycles. The van der Waals surface area contributed by atoms with Crippen LogP contribution in [0.15, 0.2) is 36.7 Å². The number of carbonyl (C=O) groups is 1. The maximum atomic E-state index is 12.7. The first-order valence-corrected chi connectivity index (χ1v) is 8.93. The van der Waals surface area contributed by atoms with Gasteiger partial charge >= 0.3 is 0 Å². The third kappa shape index (κ3) is 3.34. The van der Waals surface area contributed by atoms with Crippen LogP contribution in [0.1, 0.15) is 27.6 Å². The van der Waals surface area contributed by atoms with Gasteiger partial charge < -0.3 is 14.0 Å². The van der Waals surface area contributed by atoms with Crippen molar-refractivity contribution in [3.8, 4) is 17.6 Å². The number of fused-ring (bicyclic) bond motifs is 1. The van der Waals surface area contributed by atoms with Crippen molar-refractivity contribution in [2.75, 3.05) is 6.61 Å². The summed E-state index contributed by atoms with van der Waals surface area (Å²) in [6, 6.07) is 11.3. The fourth-order valence-corrected chi connectivity index (χ4v) is 3.38. The van der Waals surface area contributed by atoms with E-state index in [1.54, 1.807) is 0 Å². The number of carbonyl (C=O) groups excluding carboxylic acids is 1. The first kappa shape index (κ1) is 17.8. The summed E-state index contributed by atoms with van der Waals surface area (Å²) in [7, 11) is 0. The molecule has 2 aromatic heterocycles. The van der Waals surface area contributed by atoms with E-state index in [2.05, 4.69) is 14.6 Å². The minimum atomic E-state index is -0.142. The third-order valence-corrected chi connectivity index (χ3v) is 4.77. The molecular weight excluding hydrogens is 358 g/mol.